The summed E-state index contributed by atoms with van der Waals surface area (Å²) in [6.45, 7) is 2.84. The van der Waals surface area contributed by atoms with Crippen LogP contribution in [0.1, 0.15) is 24.1 Å². The van der Waals surface area contributed by atoms with Crippen LogP contribution in [-0.2, 0) is 6.42 Å². The minimum absolute atomic E-state index is 0.0381. The molecule has 1 atom stereocenters. The van der Waals surface area contributed by atoms with E-state index in [0.29, 0.717) is 12.0 Å². The first-order valence-corrected chi connectivity index (χ1v) is 6.94. The number of likely N-dealkylation sites (N-methyl/N-ethyl adjacent to an activating group) is 1. The van der Waals surface area contributed by atoms with E-state index in [-0.39, 0.29) is 11.9 Å². The molecule has 0 amide bonds. The van der Waals surface area contributed by atoms with Gasteiger partial charge in [0.05, 0.1) is 6.20 Å². The molecule has 0 saturated carbocycles. The zero-order valence-electron chi connectivity index (χ0n) is 10.6. The second-order valence-corrected chi connectivity index (χ2v) is 5.14. The summed E-state index contributed by atoms with van der Waals surface area (Å²) in [4.78, 5) is 0. The smallest absolute Gasteiger partial charge is 0.127 e. The van der Waals surface area contributed by atoms with Gasteiger partial charge in [-0.25, -0.2) is 4.39 Å². The van der Waals surface area contributed by atoms with Gasteiger partial charge in [0.25, 0.3) is 0 Å². The van der Waals surface area contributed by atoms with Crippen molar-refractivity contribution >= 4 is 15.9 Å². The summed E-state index contributed by atoms with van der Waals surface area (Å²) in [5.41, 5.74) is 1.70. The van der Waals surface area contributed by atoms with Crippen molar-refractivity contribution in [2.24, 2.45) is 0 Å². The molecule has 1 aromatic heterocycles. The molecule has 0 aliphatic heterocycles. The Morgan fingerprint density at radius 2 is 2.16 bits per heavy atom. The highest BCUT2D eigenvalue weighted by Crippen LogP contribution is 2.21. The minimum Gasteiger partial charge on any atom is -0.310 e. The maximum atomic E-state index is 13.9. The van der Waals surface area contributed by atoms with Crippen LogP contribution in [0.15, 0.2) is 41.1 Å². The van der Waals surface area contributed by atoms with Gasteiger partial charge in [-0.05, 0) is 42.3 Å². The first-order chi connectivity index (χ1) is 9.20. The lowest BCUT2D eigenvalue weighted by Gasteiger charge is -2.18. The molecule has 0 bridgehead atoms. The van der Waals surface area contributed by atoms with Crippen molar-refractivity contribution < 1.29 is 4.39 Å². The number of hydrogen-bond acceptors (Lipinski definition) is 3. The van der Waals surface area contributed by atoms with Crippen LogP contribution in [0.4, 0.5) is 4.39 Å². The van der Waals surface area contributed by atoms with E-state index >= 15 is 0 Å². The second kappa shape index (κ2) is 6.73. The minimum atomic E-state index is -0.195. The predicted molar refractivity (Wildman–Crippen MR) is 76.3 cm³/mol. The molecule has 0 fully saturated rings. The van der Waals surface area contributed by atoms with Gasteiger partial charge in [0, 0.05) is 16.7 Å². The molecule has 3 nitrogen and oxygen atoms in total. The summed E-state index contributed by atoms with van der Waals surface area (Å²) >= 11 is 3.26. The van der Waals surface area contributed by atoms with E-state index in [1.807, 2.05) is 19.1 Å². The van der Waals surface area contributed by atoms with Crippen LogP contribution in [-0.4, -0.2) is 16.7 Å². The van der Waals surface area contributed by atoms with Gasteiger partial charge < -0.3 is 5.32 Å². The zero-order valence-corrected chi connectivity index (χ0v) is 12.2. The number of rotatable bonds is 5. The molecule has 100 valence electrons. The highest BCUT2D eigenvalue weighted by molar-refractivity contribution is 9.10. The Bertz CT molecular complexity index is 533. The van der Waals surface area contributed by atoms with Gasteiger partial charge in [0.1, 0.15) is 5.82 Å². The van der Waals surface area contributed by atoms with Crippen LogP contribution in [0.3, 0.4) is 0 Å². The van der Waals surface area contributed by atoms with E-state index in [1.54, 1.807) is 18.5 Å². The molecular weight excluding hydrogens is 309 g/mol. The fourth-order valence-corrected chi connectivity index (χ4v) is 2.30. The van der Waals surface area contributed by atoms with E-state index in [9.17, 15) is 4.39 Å². The molecule has 0 saturated heterocycles. The normalized spacial score (nSPS) is 12.4. The van der Waals surface area contributed by atoms with Crippen LogP contribution >= 0.6 is 15.9 Å². The molecule has 1 aromatic carbocycles. The van der Waals surface area contributed by atoms with E-state index in [1.165, 1.54) is 6.07 Å². The van der Waals surface area contributed by atoms with E-state index in [0.717, 1.165) is 16.6 Å². The molecule has 19 heavy (non-hydrogen) atoms. The number of nitrogens with zero attached hydrogens (tertiary/aromatic N) is 2. The van der Waals surface area contributed by atoms with Crippen molar-refractivity contribution in [1.82, 2.24) is 15.5 Å². The zero-order chi connectivity index (χ0) is 13.7. The molecule has 5 heteroatoms. The van der Waals surface area contributed by atoms with Crippen LogP contribution in [0.5, 0.6) is 0 Å². The number of aromatic nitrogens is 2. The number of halogens is 2. The van der Waals surface area contributed by atoms with Gasteiger partial charge in [-0.15, -0.1) is 0 Å². The Hall–Kier alpha value is -1.33. The largest absolute Gasteiger partial charge is 0.310 e. The summed E-state index contributed by atoms with van der Waals surface area (Å²) in [5.74, 6) is -0.195. The molecule has 2 aromatic rings. The van der Waals surface area contributed by atoms with Gasteiger partial charge in [-0.1, -0.05) is 28.9 Å². The van der Waals surface area contributed by atoms with Crippen molar-refractivity contribution in [2.75, 3.05) is 6.54 Å². The lowest BCUT2D eigenvalue weighted by Crippen LogP contribution is -2.23. The molecule has 1 N–H and O–H groups in total. The van der Waals surface area contributed by atoms with Crippen molar-refractivity contribution in [3.05, 3.63) is 58.1 Å². The maximum absolute atomic E-state index is 13.9. The topological polar surface area (TPSA) is 37.8 Å². The van der Waals surface area contributed by atoms with Crippen molar-refractivity contribution in [1.29, 1.82) is 0 Å². The lowest BCUT2D eigenvalue weighted by atomic mass is 10.00. The van der Waals surface area contributed by atoms with Crippen LogP contribution in [0.25, 0.3) is 0 Å². The Morgan fingerprint density at radius 1 is 1.32 bits per heavy atom. The molecule has 2 rings (SSSR count). The summed E-state index contributed by atoms with van der Waals surface area (Å²) in [7, 11) is 0. The molecular formula is C14H15BrFN3. The SMILES string of the molecule is CCNC(Cc1ccc(Br)cc1F)c1ccnnc1. The monoisotopic (exact) mass is 323 g/mol. The fourth-order valence-electron chi connectivity index (χ4n) is 1.97. The lowest BCUT2D eigenvalue weighted by molar-refractivity contribution is 0.525. The Kier molecular flexibility index (Phi) is 4.99. The van der Waals surface area contributed by atoms with Crippen molar-refractivity contribution in [3.63, 3.8) is 0 Å². The number of hydrogen-bond donors (Lipinski definition) is 1. The van der Waals surface area contributed by atoms with Crippen LogP contribution < -0.4 is 5.32 Å². The van der Waals surface area contributed by atoms with Crippen molar-refractivity contribution in [3.8, 4) is 0 Å². The second-order valence-electron chi connectivity index (χ2n) is 4.23. The average molecular weight is 324 g/mol. The van der Waals surface area contributed by atoms with Crippen LogP contribution in [0.2, 0.25) is 0 Å². The van der Waals surface area contributed by atoms with Gasteiger partial charge in [0.15, 0.2) is 0 Å². The Morgan fingerprint density at radius 3 is 2.79 bits per heavy atom. The van der Waals surface area contributed by atoms with E-state index in [4.69, 9.17) is 0 Å². The molecule has 1 heterocycles. The highest BCUT2D eigenvalue weighted by Gasteiger charge is 2.14. The first kappa shape index (κ1) is 14.1. The molecule has 0 aliphatic carbocycles. The summed E-state index contributed by atoms with van der Waals surface area (Å²) in [6.07, 6.45) is 3.94. The summed E-state index contributed by atoms with van der Waals surface area (Å²) in [5, 5.41) is 11.0. The summed E-state index contributed by atoms with van der Waals surface area (Å²) < 4.78 is 14.6. The fraction of sp³-hybridized carbons (Fsp3) is 0.286. The number of nitrogens with one attached hydrogen (secondary N) is 1. The first-order valence-electron chi connectivity index (χ1n) is 6.14. The van der Waals surface area contributed by atoms with Crippen LogP contribution in [0, 0.1) is 5.82 Å². The van der Waals surface area contributed by atoms with Gasteiger partial charge in [0.2, 0.25) is 0 Å². The van der Waals surface area contributed by atoms with E-state index < -0.39 is 0 Å². The predicted octanol–water partition coefficient (Wildman–Crippen LogP) is 3.27. The Balaban J connectivity index is 2.21. The standard InChI is InChI=1S/C14H15BrFN3/c1-2-17-14(11-5-6-18-19-9-11)7-10-3-4-12(15)8-13(10)16/h3-6,8-9,14,17H,2,7H2,1H3. The van der Waals surface area contributed by atoms with Gasteiger partial charge in [-0.3, -0.25) is 0 Å². The maximum Gasteiger partial charge on any atom is 0.127 e. The third-order valence-electron chi connectivity index (χ3n) is 2.90. The Labute approximate surface area is 120 Å². The molecule has 0 aliphatic rings. The molecule has 0 spiro atoms. The molecule has 1 unspecified atom stereocenters. The summed E-state index contributed by atoms with van der Waals surface area (Å²) in [6, 6.07) is 7.08. The van der Waals surface area contributed by atoms with Gasteiger partial charge >= 0.3 is 0 Å². The third kappa shape index (κ3) is 3.81. The third-order valence-corrected chi connectivity index (χ3v) is 3.39. The highest BCUT2D eigenvalue weighted by atomic mass is 79.9. The quantitative estimate of drug-likeness (QED) is 0.917. The van der Waals surface area contributed by atoms with Crippen molar-refractivity contribution in [2.45, 2.75) is 19.4 Å². The van der Waals surface area contributed by atoms with E-state index in [2.05, 4.69) is 31.4 Å². The van der Waals surface area contributed by atoms with Gasteiger partial charge in [-0.2, -0.15) is 10.2 Å². The number of benzene rings is 1. The average Bonchev–Trinajstić information content (AvgIpc) is 2.42. The molecule has 0 radical (unpaired) electrons.